The minimum atomic E-state index is -4.49. The Morgan fingerprint density at radius 2 is 1.93 bits per heavy atom. The molecule has 0 fully saturated rings. The normalized spacial score (nSPS) is 14.3. The van der Waals surface area contributed by atoms with Crippen molar-refractivity contribution in [1.29, 1.82) is 0 Å². The van der Waals surface area contributed by atoms with Crippen LogP contribution in [-0.4, -0.2) is 62.5 Å². The van der Waals surface area contributed by atoms with Gasteiger partial charge >= 0.3 is 6.18 Å². The van der Waals surface area contributed by atoms with E-state index in [-0.39, 0.29) is 48.3 Å². The Balaban J connectivity index is 1.53. The zero-order valence-electron chi connectivity index (χ0n) is 21.3. The number of benzene rings is 1. The van der Waals surface area contributed by atoms with Crippen LogP contribution in [0.1, 0.15) is 35.5 Å². The van der Waals surface area contributed by atoms with Crippen LogP contribution in [0.2, 0.25) is 0 Å². The highest BCUT2D eigenvalue weighted by molar-refractivity contribution is 6.09. The highest BCUT2D eigenvalue weighted by Crippen LogP contribution is 2.39. The van der Waals surface area contributed by atoms with E-state index in [0.717, 1.165) is 0 Å². The summed E-state index contributed by atoms with van der Waals surface area (Å²) in [5.41, 5.74) is -0.0316. The Morgan fingerprint density at radius 3 is 2.67 bits per heavy atom. The van der Waals surface area contributed by atoms with E-state index in [4.69, 9.17) is 0 Å². The van der Waals surface area contributed by atoms with Gasteiger partial charge < -0.3 is 15.4 Å². The van der Waals surface area contributed by atoms with Gasteiger partial charge in [0.2, 0.25) is 5.91 Å². The fourth-order valence-corrected chi connectivity index (χ4v) is 4.37. The molecule has 5 rings (SSSR count). The first-order valence-electron chi connectivity index (χ1n) is 12.2. The van der Waals surface area contributed by atoms with Gasteiger partial charge in [-0.25, -0.2) is 24.0 Å². The van der Waals surface area contributed by atoms with Crippen molar-refractivity contribution in [2.75, 3.05) is 25.1 Å². The van der Waals surface area contributed by atoms with E-state index >= 15 is 0 Å². The summed E-state index contributed by atoms with van der Waals surface area (Å²) in [5, 5.41) is 10.3. The number of aromatic nitrogens is 5. The summed E-state index contributed by atoms with van der Waals surface area (Å²) < 4.78 is 57.4. The van der Waals surface area contributed by atoms with Crippen LogP contribution in [0.3, 0.4) is 0 Å². The maximum absolute atomic E-state index is 14.4. The van der Waals surface area contributed by atoms with Gasteiger partial charge in [-0.2, -0.15) is 18.3 Å². The van der Waals surface area contributed by atoms with Crippen LogP contribution in [0.15, 0.2) is 42.6 Å². The van der Waals surface area contributed by atoms with E-state index in [1.807, 2.05) is 0 Å². The van der Waals surface area contributed by atoms with Gasteiger partial charge in [0.05, 0.1) is 24.0 Å². The summed E-state index contributed by atoms with van der Waals surface area (Å²) >= 11 is 0. The minimum Gasteiger partial charge on any atom is -0.370 e. The number of alkyl halides is 3. The summed E-state index contributed by atoms with van der Waals surface area (Å²) in [5.74, 6) is -1.44. The molecule has 0 saturated heterocycles. The molecule has 1 aliphatic rings. The fourth-order valence-electron chi connectivity index (χ4n) is 4.37. The van der Waals surface area contributed by atoms with Crippen molar-refractivity contribution in [1.82, 2.24) is 30.0 Å². The number of anilines is 1. The SMILES string of the molecule is CC1(C)C(=O)Nc2nc(-c3nn(Cc4ccccc4F)c4ncccc34)nc(C(=O)NCCOCC(F)(F)F)c21. The number of ether oxygens (including phenoxy) is 1. The molecule has 0 unspecified atom stereocenters. The molecule has 3 aromatic heterocycles. The molecule has 40 heavy (non-hydrogen) atoms. The zero-order valence-corrected chi connectivity index (χ0v) is 21.3. The second-order valence-corrected chi connectivity index (χ2v) is 9.59. The van der Waals surface area contributed by atoms with Crippen molar-refractivity contribution >= 4 is 28.7 Å². The maximum Gasteiger partial charge on any atom is 0.411 e. The molecule has 0 bridgehead atoms. The molecular weight excluding hydrogens is 534 g/mol. The lowest BCUT2D eigenvalue weighted by Crippen LogP contribution is -2.33. The average molecular weight is 558 g/mol. The molecule has 0 atom stereocenters. The Morgan fingerprint density at radius 1 is 1.15 bits per heavy atom. The van der Waals surface area contributed by atoms with E-state index in [2.05, 4.69) is 35.4 Å². The van der Waals surface area contributed by atoms with Gasteiger partial charge in [0.15, 0.2) is 11.5 Å². The number of nitrogens with one attached hydrogen (secondary N) is 2. The van der Waals surface area contributed by atoms with Crippen molar-refractivity contribution in [3.8, 4) is 11.5 Å². The third-order valence-electron chi connectivity index (χ3n) is 6.34. The molecule has 1 aliphatic heterocycles. The van der Waals surface area contributed by atoms with Gasteiger partial charge in [-0.05, 0) is 32.0 Å². The average Bonchev–Trinajstić information content (AvgIpc) is 3.37. The van der Waals surface area contributed by atoms with Crippen LogP contribution < -0.4 is 10.6 Å². The standard InChI is InChI=1S/C26H23F4N7O3/c1-25(2)17-19(23(38)32-10-11-40-13-26(28,29)30)33-21(34-20(17)35-24(25)39)18-15-7-5-9-31-22(15)37(36-18)12-14-6-3-4-8-16(14)27/h3-9H,10-13H2,1-2H3,(H,32,38)(H,33,34,35,39). The van der Waals surface area contributed by atoms with Crippen LogP contribution in [0.25, 0.3) is 22.6 Å². The van der Waals surface area contributed by atoms with Crippen LogP contribution >= 0.6 is 0 Å². The first-order valence-corrected chi connectivity index (χ1v) is 12.2. The van der Waals surface area contributed by atoms with Crippen molar-refractivity contribution in [3.63, 3.8) is 0 Å². The van der Waals surface area contributed by atoms with E-state index in [9.17, 15) is 27.2 Å². The number of fused-ring (bicyclic) bond motifs is 2. The van der Waals surface area contributed by atoms with Crippen molar-refractivity contribution in [3.05, 3.63) is 65.2 Å². The van der Waals surface area contributed by atoms with Crippen molar-refractivity contribution in [2.45, 2.75) is 32.0 Å². The molecule has 2 amide bonds. The summed E-state index contributed by atoms with van der Waals surface area (Å²) in [6.07, 6.45) is -2.94. The molecule has 14 heteroatoms. The summed E-state index contributed by atoms with van der Waals surface area (Å²) in [6, 6.07) is 9.63. The first-order chi connectivity index (χ1) is 19.0. The molecule has 0 aliphatic carbocycles. The van der Waals surface area contributed by atoms with E-state index in [1.165, 1.54) is 10.7 Å². The molecule has 0 radical (unpaired) electrons. The largest absolute Gasteiger partial charge is 0.411 e. The number of carbonyl (C=O) groups excluding carboxylic acids is 2. The smallest absolute Gasteiger partial charge is 0.370 e. The van der Waals surface area contributed by atoms with Gasteiger partial charge in [-0.15, -0.1) is 0 Å². The second-order valence-electron chi connectivity index (χ2n) is 9.59. The third kappa shape index (κ3) is 5.21. The van der Waals surface area contributed by atoms with Gasteiger partial charge in [0.1, 0.15) is 29.6 Å². The molecular formula is C26H23F4N7O3. The zero-order chi connectivity index (χ0) is 28.7. The predicted octanol–water partition coefficient (Wildman–Crippen LogP) is 3.61. The van der Waals surface area contributed by atoms with Gasteiger partial charge in [-0.3, -0.25) is 9.59 Å². The van der Waals surface area contributed by atoms with E-state index < -0.39 is 35.8 Å². The Labute approximate surface area is 224 Å². The number of nitrogens with zero attached hydrogens (tertiary/aromatic N) is 5. The quantitative estimate of drug-likeness (QED) is 0.251. The monoisotopic (exact) mass is 557 g/mol. The van der Waals surface area contributed by atoms with Crippen LogP contribution in [0.4, 0.5) is 23.4 Å². The molecule has 2 N–H and O–H groups in total. The van der Waals surface area contributed by atoms with Gasteiger partial charge in [0, 0.05) is 23.9 Å². The lowest BCUT2D eigenvalue weighted by molar-refractivity contribution is -0.173. The number of rotatable bonds is 8. The Bertz CT molecular complexity index is 1620. The topological polar surface area (TPSA) is 124 Å². The van der Waals surface area contributed by atoms with Gasteiger partial charge in [-0.1, -0.05) is 18.2 Å². The van der Waals surface area contributed by atoms with Crippen LogP contribution in [0.5, 0.6) is 0 Å². The van der Waals surface area contributed by atoms with Gasteiger partial charge in [0.25, 0.3) is 5.91 Å². The van der Waals surface area contributed by atoms with Crippen molar-refractivity contribution < 1.29 is 31.9 Å². The number of halogens is 4. The van der Waals surface area contributed by atoms with E-state index in [1.54, 1.807) is 50.4 Å². The number of pyridine rings is 1. The Hall–Kier alpha value is -4.46. The van der Waals surface area contributed by atoms with E-state index in [0.29, 0.717) is 16.6 Å². The molecule has 10 nitrogen and oxygen atoms in total. The number of carbonyl (C=O) groups is 2. The molecule has 4 heterocycles. The highest BCUT2D eigenvalue weighted by atomic mass is 19.4. The number of amides is 2. The predicted molar refractivity (Wildman–Crippen MR) is 135 cm³/mol. The lowest BCUT2D eigenvalue weighted by Gasteiger charge is -2.18. The fraction of sp³-hybridized carbons (Fsp3) is 0.308. The summed E-state index contributed by atoms with van der Waals surface area (Å²) in [4.78, 5) is 39.2. The number of hydrogen-bond donors (Lipinski definition) is 2. The highest BCUT2D eigenvalue weighted by Gasteiger charge is 2.44. The molecule has 0 saturated carbocycles. The molecule has 1 aromatic carbocycles. The minimum absolute atomic E-state index is 0.000468. The van der Waals surface area contributed by atoms with Crippen LogP contribution in [-0.2, 0) is 21.5 Å². The number of hydrogen-bond acceptors (Lipinski definition) is 7. The Kier molecular flexibility index (Phi) is 6.96. The lowest BCUT2D eigenvalue weighted by atomic mass is 9.85. The first kappa shape index (κ1) is 27.1. The summed E-state index contributed by atoms with van der Waals surface area (Å²) in [6.45, 7) is 1.20. The van der Waals surface area contributed by atoms with Crippen LogP contribution in [0, 0.1) is 5.82 Å². The van der Waals surface area contributed by atoms with Crippen molar-refractivity contribution in [2.24, 2.45) is 0 Å². The second kappa shape index (κ2) is 10.3. The molecule has 4 aromatic rings. The molecule has 208 valence electrons. The molecule has 0 spiro atoms. The maximum atomic E-state index is 14.4. The summed E-state index contributed by atoms with van der Waals surface area (Å²) in [7, 11) is 0. The third-order valence-corrected chi connectivity index (χ3v) is 6.34.